The molecule has 4 heteroatoms. The summed E-state index contributed by atoms with van der Waals surface area (Å²) in [6, 6.07) is 0. The number of hydrogen-bond donors (Lipinski definition) is 1. The Hall–Kier alpha value is -0.870. The van der Waals surface area contributed by atoms with Crippen LogP contribution in [0.3, 0.4) is 0 Å². The van der Waals surface area contributed by atoms with Crippen LogP contribution >= 0.6 is 11.3 Å². The molecule has 2 aliphatic rings. The monoisotopic (exact) mass is 250 g/mol. The summed E-state index contributed by atoms with van der Waals surface area (Å²) in [7, 11) is 0. The molecule has 1 N–H and O–H groups in total. The van der Waals surface area contributed by atoms with Crippen molar-refractivity contribution < 1.29 is 4.79 Å². The maximum atomic E-state index is 12.4. The molecule has 2 heterocycles. The molecule has 1 saturated carbocycles. The Labute approximate surface area is 106 Å². The van der Waals surface area contributed by atoms with Crippen molar-refractivity contribution in [2.24, 2.45) is 0 Å². The van der Waals surface area contributed by atoms with Gasteiger partial charge in [0.2, 0.25) is 5.91 Å². The highest BCUT2D eigenvalue weighted by Gasteiger charge is 2.47. The number of nitrogens with zero attached hydrogens (tertiary/aromatic N) is 1. The molecule has 1 aromatic rings. The fourth-order valence-electron chi connectivity index (χ4n) is 2.95. The highest BCUT2D eigenvalue weighted by atomic mass is 32.1. The lowest BCUT2D eigenvalue weighted by atomic mass is 9.98. The van der Waals surface area contributed by atoms with Gasteiger partial charge in [-0.25, -0.2) is 0 Å². The van der Waals surface area contributed by atoms with Crippen LogP contribution in [0.1, 0.15) is 36.8 Å². The van der Waals surface area contributed by atoms with Crippen LogP contribution in [0, 0.1) is 6.92 Å². The Morgan fingerprint density at radius 1 is 1.41 bits per heavy atom. The van der Waals surface area contributed by atoms with Crippen LogP contribution in [-0.2, 0) is 11.3 Å². The van der Waals surface area contributed by atoms with Gasteiger partial charge in [-0.2, -0.15) is 11.3 Å². The Balaban J connectivity index is 1.74. The lowest BCUT2D eigenvalue weighted by Gasteiger charge is -2.21. The van der Waals surface area contributed by atoms with E-state index in [1.54, 1.807) is 11.3 Å². The highest BCUT2D eigenvalue weighted by Crippen LogP contribution is 2.35. The van der Waals surface area contributed by atoms with Gasteiger partial charge in [0.25, 0.3) is 0 Å². The van der Waals surface area contributed by atoms with Gasteiger partial charge in [-0.05, 0) is 41.7 Å². The number of nitrogens with one attached hydrogen (secondary N) is 1. The van der Waals surface area contributed by atoms with Gasteiger partial charge in [0.05, 0.1) is 12.2 Å². The molecule has 92 valence electrons. The largest absolute Gasteiger partial charge is 0.324 e. The Morgan fingerprint density at radius 2 is 2.18 bits per heavy atom. The van der Waals surface area contributed by atoms with Gasteiger partial charge in [0.1, 0.15) is 0 Å². The third kappa shape index (κ3) is 1.79. The summed E-state index contributed by atoms with van der Waals surface area (Å²) in [5.41, 5.74) is 2.39. The van der Waals surface area contributed by atoms with Crippen molar-refractivity contribution in [3.8, 4) is 0 Å². The number of rotatable bonds is 2. The van der Waals surface area contributed by atoms with E-state index >= 15 is 0 Å². The molecule has 2 fully saturated rings. The minimum atomic E-state index is -0.204. The third-order valence-corrected chi connectivity index (χ3v) is 5.00. The standard InChI is InChI=1S/C13H18N2OS/c1-10-7-17-8-11(10)6-15-9-14-13(12(15)16)4-2-3-5-13/h7-8,14H,2-6,9H2,1H3. The first-order chi connectivity index (χ1) is 8.21. The molecule has 3 nitrogen and oxygen atoms in total. The number of carbonyl (C=O) groups excluding carboxylic acids is 1. The van der Waals surface area contributed by atoms with Crippen LogP contribution in [0.2, 0.25) is 0 Å². The highest BCUT2D eigenvalue weighted by molar-refractivity contribution is 7.08. The van der Waals surface area contributed by atoms with Crippen LogP contribution in [0.5, 0.6) is 0 Å². The van der Waals surface area contributed by atoms with Gasteiger partial charge in [-0.3, -0.25) is 10.1 Å². The number of amides is 1. The van der Waals surface area contributed by atoms with E-state index in [0.717, 1.165) is 19.4 Å². The van der Waals surface area contributed by atoms with Crippen molar-refractivity contribution in [1.82, 2.24) is 10.2 Å². The van der Waals surface area contributed by atoms with Crippen LogP contribution in [0.25, 0.3) is 0 Å². The van der Waals surface area contributed by atoms with E-state index in [1.807, 2.05) is 4.90 Å². The summed E-state index contributed by atoms with van der Waals surface area (Å²) in [4.78, 5) is 14.4. The average molecular weight is 250 g/mol. The number of aryl methyl sites for hydroxylation is 1. The van der Waals surface area contributed by atoms with E-state index in [9.17, 15) is 4.79 Å². The molecule has 1 saturated heterocycles. The average Bonchev–Trinajstić information content (AvgIpc) is 3.00. The molecule has 0 bridgehead atoms. The topological polar surface area (TPSA) is 32.3 Å². The zero-order valence-electron chi connectivity index (χ0n) is 10.2. The lowest BCUT2D eigenvalue weighted by Crippen LogP contribution is -2.43. The molecular formula is C13H18N2OS. The van der Waals surface area contributed by atoms with Crippen molar-refractivity contribution in [2.75, 3.05) is 6.67 Å². The summed E-state index contributed by atoms with van der Waals surface area (Å²) in [5, 5.41) is 7.75. The number of carbonyl (C=O) groups is 1. The van der Waals surface area contributed by atoms with Gasteiger partial charge in [-0.15, -0.1) is 0 Å². The second kappa shape index (κ2) is 4.10. The third-order valence-electron chi connectivity index (χ3n) is 4.08. The first kappa shape index (κ1) is 11.2. The second-order valence-corrected chi connectivity index (χ2v) is 5.95. The summed E-state index contributed by atoms with van der Waals surface area (Å²) >= 11 is 1.72. The van der Waals surface area contributed by atoms with Gasteiger partial charge in [-0.1, -0.05) is 12.8 Å². The smallest absolute Gasteiger partial charge is 0.244 e. The minimum Gasteiger partial charge on any atom is -0.324 e. The molecule has 1 amide bonds. The predicted octanol–water partition coefficient (Wildman–Crippen LogP) is 2.26. The Bertz CT molecular complexity index is 434. The van der Waals surface area contributed by atoms with Gasteiger partial charge in [0, 0.05) is 6.54 Å². The minimum absolute atomic E-state index is 0.204. The first-order valence-corrected chi connectivity index (χ1v) is 7.22. The zero-order chi connectivity index (χ0) is 11.9. The van der Waals surface area contributed by atoms with Crippen molar-refractivity contribution >= 4 is 17.2 Å². The molecule has 17 heavy (non-hydrogen) atoms. The number of thiophene rings is 1. The van der Waals surface area contributed by atoms with Crippen LogP contribution in [0.4, 0.5) is 0 Å². The van der Waals surface area contributed by atoms with E-state index in [-0.39, 0.29) is 5.54 Å². The second-order valence-electron chi connectivity index (χ2n) is 5.21. The Kier molecular flexibility index (Phi) is 2.71. The van der Waals surface area contributed by atoms with Crippen LogP contribution in [-0.4, -0.2) is 23.0 Å². The van der Waals surface area contributed by atoms with Crippen molar-refractivity contribution in [2.45, 2.75) is 44.7 Å². The molecule has 1 aliphatic heterocycles. The number of hydrogen-bond acceptors (Lipinski definition) is 3. The van der Waals surface area contributed by atoms with Crippen molar-refractivity contribution in [1.29, 1.82) is 0 Å². The van der Waals surface area contributed by atoms with Crippen LogP contribution in [0.15, 0.2) is 10.8 Å². The van der Waals surface area contributed by atoms with E-state index in [1.165, 1.54) is 24.0 Å². The van der Waals surface area contributed by atoms with Gasteiger partial charge < -0.3 is 4.90 Å². The molecule has 1 spiro atoms. The molecule has 3 rings (SSSR count). The zero-order valence-corrected chi connectivity index (χ0v) is 11.0. The maximum Gasteiger partial charge on any atom is 0.244 e. The normalized spacial score (nSPS) is 22.9. The maximum absolute atomic E-state index is 12.4. The molecule has 0 radical (unpaired) electrons. The van der Waals surface area contributed by atoms with Gasteiger partial charge >= 0.3 is 0 Å². The first-order valence-electron chi connectivity index (χ1n) is 6.27. The summed E-state index contributed by atoms with van der Waals surface area (Å²) < 4.78 is 0. The molecule has 1 aliphatic carbocycles. The molecule has 0 aromatic carbocycles. The summed E-state index contributed by atoms with van der Waals surface area (Å²) in [6.07, 6.45) is 4.41. The summed E-state index contributed by atoms with van der Waals surface area (Å²) in [5.74, 6) is 0.320. The quantitative estimate of drug-likeness (QED) is 0.873. The SMILES string of the molecule is Cc1cscc1CN1CNC2(CCCC2)C1=O. The fourth-order valence-corrected chi connectivity index (χ4v) is 3.80. The van der Waals surface area contributed by atoms with Crippen molar-refractivity contribution in [3.63, 3.8) is 0 Å². The van der Waals surface area contributed by atoms with Crippen molar-refractivity contribution in [3.05, 3.63) is 21.9 Å². The fraction of sp³-hybridized carbons (Fsp3) is 0.615. The van der Waals surface area contributed by atoms with E-state index < -0.39 is 0 Å². The lowest BCUT2D eigenvalue weighted by molar-refractivity contribution is -0.132. The van der Waals surface area contributed by atoms with E-state index in [2.05, 4.69) is 23.0 Å². The summed E-state index contributed by atoms with van der Waals surface area (Å²) in [6.45, 7) is 3.60. The predicted molar refractivity (Wildman–Crippen MR) is 68.8 cm³/mol. The van der Waals surface area contributed by atoms with Gasteiger partial charge in [0.15, 0.2) is 0 Å². The molecule has 0 atom stereocenters. The van der Waals surface area contributed by atoms with Crippen LogP contribution < -0.4 is 5.32 Å². The van der Waals surface area contributed by atoms with E-state index in [4.69, 9.17) is 0 Å². The molecule has 1 aromatic heterocycles. The Morgan fingerprint density at radius 3 is 2.82 bits per heavy atom. The van der Waals surface area contributed by atoms with E-state index in [0.29, 0.717) is 12.6 Å². The molecule has 0 unspecified atom stereocenters. The molecular weight excluding hydrogens is 232 g/mol.